The molecule has 0 spiro atoms. The first kappa shape index (κ1) is 117. The lowest BCUT2D eigenvalue weighted by atomic mass is 10.1. The first-order chi connectivity index (χ1) is 68.8. The number of nitrogens with zero attached hydrogens (tertiary/aromatic N) is 24. The molecule has 12 heterocycles. The first-order valence-electron chi connectivity index (χ1n) is 47.8. The van der Waals surface area contributed by atoms with Crippen LogP contribution in [0.3, 0.4) is 0 Å². The zero-order valence-electron chi connectivity index (χ0n) is 82.0. The fourth-order valence-electron chi connectivity index (χ4n) is 14.8. The van der Waals surface area contributed by atoms with Gasteiger partial charge >= 0.3 is 45.6 Å². The van der Waals surface area contributed by atoms with Gasteiger partial charge in [0.1, 0.15) is 109 Å². The molecule has 12 aromatic heterocycles. The summed E-state index contributed by atoms with van der Waals surface area (Å²) < 4.78 is 149. The standard InChI is InChI=1S/C30H50N10O8P2.C28H46N10O8P2.C26H42N10O8P2/c1-23(15-39-19-37-25-27(31)33-17-35-29(25)39)45-21-49(41,42)47-13-11-9-7-5-3-4-6-8-10-12-14-48-50(43,44)22-46-24(2)16-40-20-38-26-28(32)34-18-36-30(26)40;1-21(13-37-17-35-23-25(29)31-15-33-27(23)37)43-19-47(39,40)45-11-9-7-5-3-4-6-8-10-12-46-48(41,42)20-44-22(2)14-38-18-36-24-26(30)32-16-34-28(24)38;1-19(11-35-15-33-21-23(27)29-13-31-25(21)35)41-17-45(37,38)43-9-7-5-3-4-6-8-10-44-46(39,40)18-42-20(2)12-36-16-34-22-24(28)30-14-32-26(22)36/h17-20,23-24H,3-16,21-22H2,1-2H3,(H,41,42)(H,43,44)(H2,31,33,35)(H2,32,34,36);15-18,21-22H,3-14,19-20H2,1-2H3,(H,39,40)(H,41,42)(H2,29,31,33)(H2,30,32,34);13-16,19-20H,3-12,17-18H2,1-2H3,(H,37,38)(H,39,40)(H2,27,29,31)(H2,28,30,32)/t23-,24-;21-,22-;19-,20-/m111/s1. The Labute approximate surface area is 832 Å². The van der Waals surface area contributed by atoms with Crippen molar-refractivity contribution in [3.63, 3.8) is 0 Å². The van der Waals surface area contributed by atoms with Crippen LogP contribution in [0.1, 0.15) is 196 Å². The number of nitrogen functional groups attached to an aromatic ring is 6. The van der Waals surface area contributed by atoms with Crippen LogP contribution in [0.5, 0.6) is 0 Å². The molecule has 0 amide bonds. The predicted molar refractivity (Wildman–Crippen MR) is 536 cm³/mol. The zero-order valence-corrected chi connectivity index (χ0v) is 87.4. The summed E-state index contributed by atoms with van der Waals surface area (Å²) in [6.07, 6.45) is 34.3. The van der Waals surface area contributed by atoms with E-state index in [9.17, 15) is 56.8 Å². The minimum atomic E-state index is -3.90. The number of imidazole rings is 6. The van der Waals surface area contributed by atoms with Crippen molar-refractivity contribution in [3.8, 4) is 0 Å². The quantitative estimate of drug-likeness (QED) is 0.0124. The number of nitrogens with two attached hydrogens (primary N) is 6. The molecular weight excluding hydrogens is 2000 g/mol. The monoisotopic (exact) mass is 2140 g/mol. The van der Waals surface area contributed by atoms with Gasteiger partial charge in [-0.05, 0) is 80.1 Å². The highest BCUT2D eigenvalue weighted by molar-refractivity contribution is 7.54. The highest BCUT2D eigenvalue weighted by Gasteiger charge is 2.30. The molecule has 0 saturated carbocycles. The third kappa shape index (κ3) is 40.1. The Morgan fingerprint density at radius 1 is 0.215 bits per heavy atom. The molecule has 0 saturated heterocycles. The van der Waals surface area contributed by atoms with Crippen molar-refractivity contribution in [1.29, 1.82) is 0 Å². The summed E-state index contributed by atoms with van der Waals surface area (Å²) in [4.78, 5) is 135. The molecule has 0 radical (unpaired) electrons. The second kappa shape index (κ2) is 58.5. The van der Waals surface area contributed by atoms with Gasteiger partial charge < -0.3 is 147 Å². The van der Waals surface area contributed by atoms with Gasteiger partial charge in [0.15, 0.2) is 68.8 Å². The number of aromatic nitrogens is 24. The van der Waals surface area contributed by atoms with Crippen LogP contribution in [0.4, 0.5) is 34.9 Å². The van der Waals surface area contributed by atoms with Gasteiger partial charge in [0.2, 0.25) is 0 Å². The second-order valence-electron chi connectivity index (χ2n) is 34.9. The van der Waals surface area contributed by atoms with Gasteiger partial charge in [-0.1, -0.05) is 116 Å². The van der Waals surface area contributed by atoms with Crippen molar-refractivity contribution in [2.75, 3.05) is 112 Å². The van der Waals surface area contributed by atoms with Crippen molar-refractivity contribution in [3.05, 3.63) is 75.9 Å². The van der Waals surface area contributed by atoms with Gasteiger partial charge in [0.05, 0.1) is 153 Å². The van der Waals surface area contributed by atoms with Crippen molar-refractivity contribution < 1.29 is 112 Å². The number of rotatable bonds is 69. The van der Waals surface area contributed by atoms with Gasteiger partial charge in [0.25, 0.3) is 0 Å². The molecule has 798 valence electrons. The van der Waals surface area contributed by atoms with Gasteiger partial charge in [-0.25, -0.2) is 89.7 Å². The Bertz CT molecular complexity index is 5860. The molecule has 0 fully saturated rings. The molecule has 12 atom stereocenters. The van der Waals surface area contributed by atoms with E-state index >= 15 is 0 Å². The molecule has 54 nitrogen and oxygen atoms in total. The maximum atomic E-state index is 12.4. The van der Waals surface area contributed by atoms with E-state index in [1.54, 1.807) is 107 Å². The molecule has 0 aliphatic rings. The van der Waals surface area contributed by atoms with E-state index < -0.39 is 95.9 Å². The normalized spacial score (nSPS) is 15.8. The fraction of sp³-hybridized carbons (Fsp3) is 0.643. The first-order valence-corrected chi connectivity index (χ1v) is 58.3. The summed E-state index contributed by atoms with van der Waals surface area (Å²) in [7, 11) is -23.3. The number of unbranched alkanes of at least 4 members (excludes halogenated alkanes) is 21. The van der Waals surface area contributed by atoms with Crippen LogP contribution in [0.15, 0.2) is 75.9 Å². The lowest BCUT2D eigenvalue weighted by molar-refractivity contribution is 0.0714. The van der Waals surface area contributed by atoms with E-state index in [1.807, 2.05) is 0 Å². The van der Waals surface area contributed by atoms with E-state index in [0.717, 1.165) is 116 Å². The molecule has 60 heteroatoms. The summed E-state index contributed by atoms with van der Waals surface area (Å²) in [6.45, 7) is 14.0. The predicted octanol–water partition coefficient (Wildman–Crippen LogP) is 12.2. The smallest absolute Gasteiger partial charge is 0.353 e. The lowest BCUT2D eigenvalue weighted by Gasteiger charge is -2.17. The fourth-order valence-corrected chi connectivity index (χ4v) is 20.4. The van der Waals surface area contributed by atoms with Crippen molar-refractivity contribution in [2.24, 2.45) is 0 Å². The van der Waals surface area contributed by atoms with Gasteiger partial charge in [-0.2, -0.15) is 0 Å². The largest absolute Gasteiger partial charge is 0.382 e. The van der Waals surface area contributed by atoms with E-state index in [0.29, 0.717) is 156 Å². The summed E-state index contributed by atoms with van der Waals surface area (Å²) in [5.74, 6) is 1.71. The number of anilines is 6. The summed E-state index contributed by atoms with van der Waals surface area (Å²) in [6, 6.07) is 0. The average molecular weight is 2140 g/mol. The Morgan fingerprint density at radius 2 is 0.340 bits per heavy atom. The summed E-state index contributed by atoms with van der Waals surface area (Å²) >= 11 is 0. The second-order valence-corrected chi connectivity index (χ2v) is 45.7. The average Bonchev–Trinajstić information content (AvgIpc) is 1.69. The molecule has 144 heavy (non-hydrogen) atoms. The maximum absolute atomic E-state index is 12.4. The van der Waals surface area contributed by atoms with Crippen LogP contribution in [-0.4, -0.2) is 261 Å². The van der Waals surface area contributed by atoms with Crippen LogP contribution >= 0.6 is 45.6 Å². The summed E-state index contributed by atoms with van der Waals surface area (Å²) in [5, 5.41) is 0. The molecule has 18 N–H and O–H groups in total. The topological polar surface area (TPSA) is 752 Å². The molecule has 12 aromatic rings. The van der Waals surface area contributed by atoms with Crippen LogP contribution in [-0.2, 0) is 122 Å². The molecule has 6 unspecified atom stereocenters. The van der Waals surface area contributed by atoms with Crippen LogP contribution in [0.25, 0.3) is 67.0 Å². The number of ether oxygens (including phenoxy) is 6. The number of hydrogen-bond donors (Lipinski definition) is 12. The Morgan fingerprint density at radius 3 is 0.472 bits per heavy atom. The highest BCUT2D eigenvalue weighted by atomic mass is 31.2. The number of fused-ring (bicyclic) bond motifs is 6. The van der Waals surface area contributed by atoms with Crippen LogP contribution < -0.4 is 34.4 Å². The van der Waals surface area contributed by atoms with Crippen molar-refractivity contribution >= 4 is 147 Å². The molecular formula is C84H138N30O24P6. The molecule has 0 aliphatic carbocycles. The van der Waals surface area contributed by atoms with E-state index in [1.165, 1.54) is 38.0 Å². The minimum Gasteiger partial charge on any atom is -0.382 e. The van der Waals surface area contributed by atoms with Crippen molar-refractivity contribution in [2.45, 2.75) is 272 Å². The highest BCUT2D eigenvalue weighted by Crippen LogP contribution is 2.47. The van der Waals surface area contributed by atoms with Crippen LogP contribution in [0.2, 0.25) is 0 Å². The minimum absolute atomic E-state index is 0.141. The zero-order chi connectivity index (χ0) is 104. The van der Waals surface area contributed by atoms with Gasteiger partial charge in [0, 0.05) is 0 Å². The van der Waals surface area contributed by atoms with E-state index in [-0.39, 0.29) is 87.3 Å². The Balaban J connectivity index is 0.000000222. The number of hydrogen-bond acceptors (Lipinski definition) is 42. The third-order valence-corrected chi connectivity index (χ3v) is 28.7. The van der Waals surface area contributed by atoms with Gasteiger partial charge in [-0.3, -0.25) is 27.4 Å². The molecule has 0 aromatic carbocycles. The van der Waals surface area contributed by atoms with E-state index in [2.05, 4.69) is 89.7 Å². The van der Waals surface area contributed by atoms with E-state index in [4.69, 9.17) is 90.0 Å². The third-order valence-electron chi connectivity index (χ3n) is 22.3. The Kier molecular flexibility index (Phi) is 47.4. The molecule has 0 bridgehead atoms. The van der Waals surface area contributed by atoms with Gasteiger partial charge in [-0.15, -0.1) is 0 Å². The summed E-state index contributed by atoms with van der Waals surface area (Å²) in [5.41, 5.74) is 41.2. The molecule has 12 rings (SSSR count). The Hall–Kier alpha value is -9.24. The lowest BCUT2D eigenvalue weighted by Crippen LogP contribution is -2.17. The maximum Gasteiger partial charge on any atom is 0.353 e. The van der Waals surface area contributed by atoms with Crippen LogP contribution in [0, 0.1) is 0 Å². The molecule has 0 aliphatic heterocycles. The van der Waals surface area contributed by atoms with Crippen molar-refractivity contribution in [1.82, 2.24) is 117 Å². The SMILES string of the molecule is C[C@H](Cn1cnc2c(N)ncnc21)OCP(=O)(O)OCCCCCCCCCCCCOP(=O)(O)CO[C@H](C)Cn1cnc2c(N)ncnc21.C[C@H](Cn1cnc2c(N)ncnc21)OCP(=O)(O)OCCCCCCCCCCOP(=O)(O)CO[C@H](C)Cn1cnc2c(N)ncnc21.C[C@H](Cn1cnc2c(N)ncnc21)OCP(=O)(O)OCCCCCCCCOP(=O)(O)CO[C@H](C)Cn1cnc2c(N)ncnc21.